The Hall–Kier alpha value is -1.98. The van der Waals surface area contributed by atoms with E-state index >= 15 is 0 Å². The highest BCUT2D eigenvalue weighted by molar-refractivity contribution is 5.74. The lowest BCUT2D eigenvalue weighted by molar-refractivity contribution is -0.112. The van der Waals surface area contributed by atoms with E-state index in [1.807, 2.05) is 0 Å². The van der Waals surface area contributed by atoms with Crippen molar-refractivity contribution in [2.75, 3.05) is 7.05 Å². The number of halogens is 2. The van der Waals surface area contributed by atoms with Crippen LogP contribution in [0.1, 0.15) is 32.4 Å². The van der Waals surface area contributed by atoms with Crippen LogP contribution in [0.5, 0.6) is 0 Å². The quantitative estimate of drug-likeness (QED) is 0.802. The number of hydrogen-bond acceptors (Lipinski definition) is 3. The molecule has 4 nitrogen and oxygen atoms in total. The van der Waals surface area contributed by atoms with Gasteiger partial charge in [0.15, 0.2) is 0 Å². The number of ether oxygens (including phenoxy) is 1. The molecule has 0 saturated carbocycles. The maximum Gasteiger partial charge on any atom is 0.410 e. The van der Waals surface area contributed by atoms with Crippen LogP contribution in [0.3, 0.4) is 0 Å². The monoisotopic (exact) mass is 285 g/mol. The van der Waals surface area contributed by atoms with Gasteiger partial charge >= 0.3 is 6.09 Å². The Labute approximate surface area is 116 Å². The summed E-state index contributed by atoms with van der Waals surface area (Å²) in [5.74, 6) is -1.45. The molecule has 0 aromatic heterocycles. The van der Waals surface area contributed by atoms with Crippen LogP contribution in [0.2, 0.25) is 0 Å². The van der Waals surface area contributed by atoms with Crippen LogP contribution in [0.4, 0.5) is 13.6 Å². The lowest BCUT2D eigenvalue weighted by atomic mass is 10.1. The van der Waals surface area contributed by atoms with Crippen LogP contribution in [0, 0.1) is 11.6 Å². The molecule has 1 aromatic carbocycles. The summed E-state index contributed by atoms with van der Waals surface area (Å²) < 4.78 is 31.9. The smallest absolute Gasteiger partial charge is 0.410 e. The molecular weight excluding hydrogens is 268 g/mol. The van der Waals surface area contributed by atoms with Gasteiger partial charge in [0, 0.05) is 12.6 Å². The normalized spacial score (nSPS) is 12.7. The number of carbonyl (C=O) groups is 2. The van der Waals surface area contributed by atoms with Gasteiger partial charge in [0.2, 0.25) is 0 Å². The number of hydrogen-bond donors (Lipinski definition) is 0. The van der Waals surface area contributed by atoms with Crippen LogP contribution in [-0.4, -0.2) is 29.9 Å². The minimum Gasteiger partial charge on any atom is -0.444 e. The Bertz CT molecular complexity index is 512. The van der Waals surface area contributed by atoms with E-state index < -0.39 is 29.4 Å². The zero-order chi connectivity index (χ0) is 15.5. The van der Waals surface area contributed by atoms with Gasteiger partial charge in [0.25, 0.3) is 0 Å². The molecule has 0 aliphatic carbocycles. The topological polar surface area (TPSA) is 46.6 Å². The van der Waals surface area contributed by atoms with E-state index in [9.17, 15) is 18.4 Å². The van der Waals surface area contributed by atoms with Crippen molar-refractivity contribution in [1.29, 1.82) is 0 Å². The van der Waals surface area contributed by atoms with Crippen molar-refractivity contribution in [3.63, 3.8) is 0 Å². The summed E-state index contributed by atoms with van der Waals surface area (Å²) in [6.07, 6.45) is -0.430. The molecule has 20 heavy (non-hydrogen) atoms. The standard InChI is InChI=1S/C14H17F2NO3/c1-14(2,3)20-13(19)17(4)12(8-18)10-7-9(15)5-6-11(10)16/h5-8,12H,1-4H3. The molecule has 6 heteroatoms. The Morgan fingerprint density at radius 1 is 1.35 bits per heavy atom. The lowest BCUT2D eigenvalue weighted by Gasteiger charge is -2.28. The van der Waals surface area contributed by atoms with E-state index in [1.165, 1.54) is 7.05 Å². The summed E-state index contributed by atoms with van der Waals surface area (Å²) in [4.78, 5) is 23.9. The Kier molecular flexibility index (Phi) is 4.81. The first-order valence-corrected chi connectivity index (χ1v) is 6.02. The third-order valence-corrected chi connectivity index (χ3v) is 2.50. The summed E-state index contributed by atoms with van der Waals surface area (Å²) in [6, 6.07) is 1.48. The van der Waals surface area contributed by atoms with Crippen molar-refractivity contribution in [3.05, 3.63) is 35.4 Å². The van der Waals surface area contributed by atoms with E-state index in [4.69, 9.17) is 4.74 Å². The van der Waals surface area contributed by atoms with Crippen molar-refractivity contribution in [2.45, 2.75) is 32.4 Å². The fourth-order valence-corrected chi connectivity index (χ4v) is 1.56. The van der Waals surface area contributed by atoms with Crippen molar-refractivity contribution in [2.24, 2.45) is 0 Å². The number of nitrogens with zero attached hydrogens (tertiary/aromatic N) is 1. The Balaban J connectivity index is 3.04. The van der Waals surface area contributed by atoms with Crippen molar-refractivity contribution in [1.82, 2.24) is 4.90 Å². The van der Waals surface area contributed by atoms with Gasteiger partial charge in [0.05, 0.1) is 0 Å². The summed E-state index contributed by atoms with van der Waals surface area (Å²) >= 11 is 0. The van der Waals surface area contributed by atoms with Gasteiger partial charge in [0.1, 0.15) is 29.6 Å². The number of aldehydes is 1. The van der Waals surface area contributed by atoms with Crippen molar-refractivity contribution in [3.8, 4) is 0 Å². The molecule has 1 amide bonds. The number of amides is 1. The highest BCUT2D eigenvalue weighted by Crippen LogP contribution is 2.23. The average Bonchev–Trinajstić information content (AvgIpc) is 2.32. The van der Waals surface area contributed by atoms with E-state index in [-0.39, 0.29) is 5.56 Å². The summed E-state index contributed by atoms with van der Waals surface area (Å²) in [6.45, 7) is 4.99. The van der Waals surface area contributed by atoms with Gasteiger partial charge in [-0.3, -0.25) is 4.90 Å². The van der Waals surface area contributed by atoms with Gasteiger partial charge in [-0.1, -0.05) is 0 Å². The Morgan fingerprint density at radius 2 is 1.95 bits per heavy atom. The second-order valence-corrected chi connectivity index (χ2v) is 5.34. The predicted octanol–water partition coefficient (Wildman–Crippen LogP) is 3.07. The molecule has 0 saturated heterocycles. The summed E-state index contributed by atoms with van der Waals surface area (Å²) in [5.41, 5.74) is -0.965. The van der Waals surface area contributed by atoms with Gasteiger partial charge < -0.3 is 9.53 Å². The summed E-state index contributed by atoms with van der Waals surface area (Å²) in [5, 5.41) is 0. The fraction of sp³-hybridized carbons (Fsp3) is 0.429. The molecule has 110 valence electrons. The number of likely N-dealkylation sites (N-methyl/N-ethyl adjacent to an activating group) is 1. The minimum absolute atomic E-state index is 0.214. The van der Waals surface area contributed by atoms with Crippen LogP contribution in [-0.2, 0) is 9.53 Å². The lowest BCUT2D eigenvalue weighted by Crippen LogP contribution is -2.37. The predicted molar refractivity (Wildman–Crippen MR) is 69.2 cm³/mol. The summed E-state index contributed by atoms with van der Waals surface area (Å²) in [7, 11) is 1.29. The maximum atomic E-state index is 13.7. The largest absolute Gasteiger partial charge is 0.444 e. The zero-order valence-corrected chi connectivity index (χ0v) is 11.8. The molecule has 0 radical (unpaired) electrons. The van der Waals surface area contributed by atoms with Crippen LogP contribution >= 0.6 is 0 Å². The van der Waals surface area contributed by atoms with E-state index in [0.717, 1.165) is 23.1 Å². The van der Waals surface area contributed by atoms with Gasteiger partial charge in [-0.15, -0.1) is 0 Å². The van der Waals surface area contributed by atoms with Gasteiger partial charge in [-0.25, -0.2) is 13.6 Å². The molecule has 0 fully saturated rings. The fourth-order valence-electron chi connectivity index (χ4n) is 1.56. The SMILES string of the molecule is CN(C(=O)OC(C)(C)C)C(C=O)c1cc(F)ccc1F. The molecule has 1 rings (SSSR count). The third kappa shape index (κ3) is 4.01. The molecule has 1 atom stereocenters. The molecule has 1 aromatic rings. The molecule has 0 spiro atoms. The number of carbonyl (C=O) groups excluding carboxylic acids is 2. The molecular formula is C14H17F2NO3. The van der Waals surface area contributed by atoms with Crippen molar-refractivity contribution < 1.29 is 23.1 Å². The minimum atomic E-state index is -1.25. The molecule has 0 heterocycles. The van der Waals surface area contributed by atoms with E-state index in [1.54, 1.807) is 20.8 Å². The van der Waals surface area contributed by atoms with E-state index in [2.05, 4.69) is 0 Å². The first kappa shape index (κ1) is 16.1. The molecule has 0 bridgehead atoms. The highest BCUT2D eigenvalue weighted by Gasteiger charge is 2.28. The second kappa shape index (κ2) is 5.98. The molecule has 0 aliphatic rings. The molecule has 0 N–H and O–H groups in total. The molecule has 1 unspecified atom stereocenters. The van der Waals surface area contributed by atoms with Gasteiger partial charge in [-0.2, -0.15) is 0 Å². The van der Waals surface area contributed by atoms with Crippen LogP contribution in [0.15, 0.2) is 18.2 Å². The third-order valence-electron chi connectivity index (χ3n) is 2.50. The van der Waals surface area contributed by atoms with Crippen molar-refractivity contribution >= 4 is 12.4 Å². The first-order chi connectivity index (χ1) is 9.15. The van der Waals surface area contributed by atoms with Gasteiger partial charge in [-0.05, 0) is 39.0 Å². The molecule has 0 aliphatic heterocycles. The number of benzene rings is 1. The second-order valence-electron chi connectivity index (χ2n) is 5.34. The van der Waals surface area contributed by atoms with Crippen LogP contribution in [0.25, 0.3) is 0 Å². The zero-order valence-electron chi connectivity index (χ0n) is 11.8. The number of rotatable bonds is 3. The maximum absolute atomic E-state index is 13.7. The average molecular weight is 285 g/mol. The van der Waals surface area contributed by atoms with Crippen LogP contribution < -0.4 is 0 Å². The van der Waals surface area contributed by atoms with E-state index in [0.29, 0.717) is 6.29 Å². The Morgan fingerprint density at radius 3 is 2.45 bits per heavy atom. The first-order valence-electron chi connectivity index (χ1n) is 6.02. The highest BCUT2D eigenvalue weighted by atomic mass is 19.1.